The molecule has 0 aromatic carbocycles. The Morgan fingerprint density at radius 1 is 0.294 bits per heavy atom. The van der Waals surface area contributed by atoms with Gasteiger partial charge in [-0.3, -0.25) is 14.4 Å². The van der Waals surface area contributed by atoms with Crippen molar-refractivity contribution in [3.8, 4) is 0 Å². The zero-order chi connectivity index (χ0) is 49.3. The van der Waals surface area contributed by atoms with Crippen molar-refractivity contribution < 1.29 is 28.6 Å². The topological polar surface area (TPSA) is 78.9 Å². The Kier molecular flexibility index (Phi) is 53.4. The summed E-state index contributed by atoms with van der Waals surface area (Å²) in [6, 6.07) is 0. The van der Waals surface area contributed by atoms with Crippen LogP contribution in [0, 0.1) is 0 Å². The quantitative estimate of drug-likeness (QED) is 0.0199. The lowest BCUT2D eigenvalue weighted by Gasteiger charge is -2.18. The zero-order valence-electron chi connectivity index (χ0n) is 44.6. The molecule has 68 heavy (non-hydrogen) atoms. The van der Waals surface area contributed by atoms with E-state index in [0.29, 0.717) is 19.3 Å². The summed E-state index contributed by atoms with van der Waals surface area (Å²) >= 11 is 0. The van der Waals surface area contributed by atoms with E-state index in [1.54, 1.807) is 0 Å². The molecule has 0 bridgehead atoms. The second-order valence-electron chi connectivity index (χ2n) is 19.0. The number of hydrogen-bond donors (Lipinski definition) is 0. The van der Waals surface area contributed by atoms with E-state index in [1.807, 2.05) is 24.3 Å². The van der Waals surface area contributed by atoms with Crippen LogP contribution >= 0.6 is 0 Å². The largest absolute Gasteiger partial charge is 0.462 e. The Hall–Kier alpha value is -3.41. The van der Waals surface area contributed by atoms with Crippen LogP contribution in [0.4, 0.5) is 0 Å². The third-order valence-corrected chi connectivity index (χ3v) is 12.2. The lowest BCUT2D eigenvalue weighted by molar-refractivity contribution is -0.167. The number of unbranched alkanes of at least 4 members (excludes halogenated alkanes) is 30. The van der Waals surface area contributed by atoms with Gasteiger partial charge in [0.05, 0.1) is 0 Å². The molecule has 0 aromatic heterocycles. The molecule has 0 heterocycles. The molecule has 6 nitrogen and oxygen atoms in total. The number of ether oxygens (including phenoxy) is 3. The maximum Gasteiger partial charge on any atom is 0.306 e. The molecular weight excluding hydrogens is 841 g/mol. The molecule has 1 unspecified atom stereocenters. The SMILES string of the molecule is CCC\C=C/C=C\C=C/C=C\C=C/CCCCCCCC(=O)OCC(COC(=O)CCCCC/C=C\CCCCCCCCC)OC(=O)CCCCCCC/C=C\CCCCCCCCCCC. The van der Waals surface area contributed by atoms with Gasteiger partial charge in [-0.2, -0.15) is 0 Å². The smallest absolute Gasteiger partial charge is 0.306 e. The standard InChI is InChI=1S/C62H106O6/c1-4-7-10-13-16-19-22-25-28-30-32-34-37-40-43-46-49-52-55-61(64)67-58-59(57-66-60(63)54-51-48-45-42-39-36-27-24-21-18-15-12-9-6-3)68-62(65)56-53-50-47-44-41-38-35-33-31-29-26-23-20-17-14-11-8-5-2/h10,13,16,19,22,25,28,30,32-36,39,59H,4-9,11-12,14-15,17-18,20-21,23-24,26-27,29,31,37-38,40-58H2,1-3H3/b13-10-,19-16-,25-22-,30-28-,34-32-,35-33-,39-36-. The van der Waals surface area contributed by atoms with E-state index in [2.05, 4.69) is 81.5 Å². The Balaban J connectivity index is 4.46. The fourth-order valence-corrected chi connectivity index (χ4v) is 7.87. The molecule has 0 aliphatic rings. The van der Waals surface area contributed by atoms with Crippen molar-refractivity contribution in [1.82, 2.24) is 0 Å². The molecule has 0 spiro atoms. The minimum atomic E-state index is -0.798. The Bertz CT molecular complexity index is 1320. The Morgan fingerprint density at radius 3 is 0.941 bits per heavy atom. The average molecular weight is 948 g/mol. The normalized spacial score (nSPS) is 12.7. The van der Waals surface area contributed by atoms with Crippen molar-refractivity contribution in [2.45, 2.75) is 277 Å². The second-order valence-corrected chi connectivity index (χ2v) is 19.0. The number of esters is 3. The van der Waals surface area contributed by atoms with E-state index in [1.165, 1.54) is 122 Å². The van der Waals surface area contributed by atoms with Crippen molar-refractivity contribution >= 4 is 17.9 Å². The third-order valence-electron chi connectivity index (χ3n) is 12.2. The van der Waals surface area contributed by atoms with Gasteiger partial charge >= 0.3 is 17.9 Å². The van der Waals surface area contributed by atoms with E-state index in [9.17, 15) is 14.4 Å². The molecular formula is C62H106O6. The molecule has 0 aromatic rings. The van der Waals surface area contributed by atoms with Crippen LogP contribution in [0.3, 0.4) is 0 Å². The van der Waals surface area contributed by atoms with Crippen LogP contribution in [0.15, 0.2) is 85.1 Å². The van der Waals surface area contributed by atoms with Crippen LogP contribution in [0.25, 0.3) is 0 Å². The van der Waals surface area contributed by atoms with Crippen molar-refractivity contribution in [2.75, 3.05) is 13.2 Å². The molecule has 0 saturated heterocycles. The first-order valence-electron chi connectivity index (χ1n) is 28.7. The Labute approximate surface area is 420 Å². The second kappa shape index (κ2) is 56.2. The van der Waals surface area contributed by atoms with Gasteiger partial charge in [0.2, 0.25) is 0 Å². The minimum absolute atomic E-state index is 0.0961. The van der Waals surface area contributed by atoms with Gasteiger partial charge < -0.3 is 14.2 Å². The summed E-state index contributed by atoms with van der Waals surface area (Å²) in [6.45, 7) is 6.52. The van der Waals surface area contributed by atoms with Crippen molar-refractivity contribution in [2.24, 2.45) is 0 Å². The minimum Gasteiger partial charge on any atom is -0.462 e. The number of hydrogen-bond acceptors (Lipinski definition) is 6. The molecule has 0 aliphatic heterocycles. The van der Waals surface area contributed by atoms with E-state index in [4.69, 9.17) is 14.2 Å². The number of carbonyl (C=O) groups is 3. The summed E-state index contributed by atoms with van der Waals surface area (Å²) < 4.78 is 16.8. The van der Waals surface area contributed by atoms with Gasteiger partial charge in [-0.15, -0.1) is 0 Å². The number of rotatable bonds is 51. The highest BCUT2D eigenvalue weighted by Gasteiger charge is 2.19. The monoisotopic (exact) mass is 947 g/mol. The summed E-state index contributed by atoms with van der Waals surface area (Å²) in [5.74, 6) is -0.939. The van der Waals surface area contributed by atoms with Crippen molar-refractivity contribution in [3.05, 3.63) is 85.1 Å². The van der Waals surface area contributed by atoms with E-state index < -0.39 is 6.10 Å². The molecule has 0 aliphatic carbocycles. The van der Waals surface area contributed by atoms with Gasteiger partial charge in [-0.25, -0.2) is 0 Å². The zero-order valence-corrected chi connectivity index (χ0v) is 44.6. The average Bonchev–Trinajstić information content (AvgIpc) is 3.34. The number of allylic oxidation sites excluding steroid dienone is 14. The Morgan fingerprint density at radius 2 is 0.574 bits per heavy atom. The lowest BCUT2D eigenvalue weighted by atomic mass is 10.1. The van der Waals surface area contributed by atoms with Crippen LogP contribution in [0.2, 0.25) is 0 Å². The van der Waals surface area contributed by atoms with Crippen molar-refractivity contribution in [1.29, 1.82) is 0 Å². The van der Waals surface area contributed by atoms with Crippen molar-refractivity contribution in [3.63, 3.8) is 0 Å². The van der Waals surface area contributed by atoms with E-state index in [-0.39, 0.29) is 31.1 Å². The van der Waals surface area contributed by atoms with Gasteiger partial charge in [0.1, 0.15) is 13.2 Å². The molecule has 0 saturated carbocycles. The van der Waals surface area contributed by atoms with Crippen LogP contribution in [-0.4, -0.2) is 37.2 Å². The fraction of sp³-hybridized carbons (Fsp3) is 0.726. The van der Waals surface area contributed by atoms with Gasteiger partial charge in [0.25, 0.3) is 0 Å². The lowest BCUT2D eigenvalue weighted by Crippen LogP contribution is -2.30. The maximum atomic E-state index is 12.9. The van der Waals surface area contributed by atoms with E-state index in [0.717, 1.165) is 109 Å². The van der Waals surface area contributed by atoms with Gasteiger partial charge in [0.15, 0.2) is 6.10 Å². The fourth-order valence-electron chi connectivity index (χ4n) is 7.87. The summed E-state index contributed by atoms with van der Waals surface area (Å²) in [5, 5.41) is 0. The molecule has 390 valence electrons. The first-order chi connectivity index (χ1) is 33.5. The molecule has 0 fully saturated rings. The third kappa shape index (κ3) is 53.5. The molecule has 0 radical (unpaired) electrons. The number of carbonyl (C=O) groups excluding carboxylic acids is 3. The highest BCUT2D eigenvalue weighted by Crippen LogP contribution is 2.15. The van der Waals surface area contributed by atoms with Gasteiger partial charge in [-0.1, -0.05) is 247 Å². The van der Waals surface area contributed by atoms with Crippen LogP contribution < -0.4 is 0 Å². The summed E-state index contributed by atoms with van der Waals surface area (Å²) in [4.78, 5) is 38.1. The first kappa shape index (κ1) is 64.6. The van der Waals surface area contributed by atoms with Crippen LogP contribution in [-0.2, 0) is 28.6 Å². The van der Waals surface area contributed by atoms with E-state index >= 15 is 0 Å². The highest BCUT2D eigenvalue weighted by atomic mass is 16.6. The molecule has 0 rings (SSSR count). The van der Waals surface area contributed by atoms with Gasteiger partial charge in [-0.05, 0) is 89.9 Å². The van der Waals surface area contributed by atoms with Crippen LogP contribution in [0.5, 0.6) is 0 Å². The molecule has 0 amide bonds. The predicted molar refractivity (Wildman–Crippen MR) is 293 cm³/mol. The highest BCUT2D eigenvalue weighted by molar-refractivity contribution is 5.71. The van der Waals surface area contributed by atoms with Gasteiger partial charge in [0, 0.05) is 19.3 Å². The molecule has 6 heteroatoms. The predicted octanol–water partition coefficient (Wildman–Crippen LogP) is 19.2. The van der Waals surface area contributed by atoms with Crippen LogP contribution in [0.1, 0.15) is 271 Å². The first-order valence-corrected chi connectivity index (χ1v) is 28.7. The maximum absolute atomic E-state index is 12.9. The summed E-state index contributed by atoms with van der Waals surface area (Å²) in [5.41, 5.74) is 0. The summed E-state index contributed by atoms with van der Waals surface area (Å²) in [6.07, 6.45) is 72.8. The summed E-state index contributed by atoms with van der Waals surface area (Å²) in [7, 11) is 0. The molecule has 0 N–H and O–H groups in total. The molecule has 1 atom stereocenters.